The van der Waals surface area contributed by atoms with E-state index in [1.807, 2.05) is 30.3 Å². The van der Waals surface area contributed by atoms with Gasteiger partial charge in [-0.3, -0.25) is 4.98 Å². The number of rotatable bonds is 7. The summed E-state index contributed by atoms with van der Waals surface area (Å²) in [5, 5.41) is 3.35. The molecule has 2 rings (SSSR count). The van der Waals surface area contributed by atoms with Crippen molar-refractivity contribution in [3.63, 3.8) is 0 Å². The molecule has 1 heterocycles. The van der Waals surface area contributed by atoms with Crippen LogP contribution in [-0.2, 0) is 0 Å². The van der Waals surface area contributed by atoms with Crippen LogP contribution in [0.25, 0.3) is 0 Å². The van der Waals surface area contributed by atoms with Crippen LogP contribution in [0.4, 0.5) is 4.39 Å². The van der Waals surface area contributed by atoms with E-state index in [2.05, 4.69) is 17.2 Å². The van der Waals surface area contributed by atoms with Crippen LogP contribution >= 0.6 is 0 Å². The van der Waals surface area contributed by atoms with E-state index in [9.17, 15) is 4.39 Å². The molecule has 0 spiro atoms. The van der Waals surface area contributed by atoms with Gasteiger partial charge in [-0.05, 0) is 36.7 Å². The Labute approximate surface area is 118 Å². The summed E-state index contributed by atoms with van der Waals surface area (Å²) in [6, 6.07) is 11.0. The Bertz CT molecular complexity index is 519. The molecule has 3 nitrogen and oxygen atoms in total. The Morgan fingerprint density at radius 1 is 1.25 bits per heavy atom. The first-order chi connectivity index (χ1) is 9.79. The number of aromatic nitrogens is 1. The summed E-state index contributed by atoms with van der Waals surface area (Å²) in [4.78, 5) is 3.90. The van der Waals surface area contributed by atoms with Gasteiger partial charge < -0.3 is 10.1 Å². The SMILES string of the molecule is CCCNC(COc1ccccc1)c1cncc(F)c1. The molecule has 106 valence electrons. The van der Waals surface area contributed by atoms with Gasteiger partial charge in [0.2, 0.25) is 0 Å². The second-order valence-corrected chi connectivity index (χ2v) is 4.57. The highest BCUT2D eigenvalue weighted by atomic mass is 19.1. The average Bonchev–Trinajstić information content (AvgIpc) is 2.48. The zero-order chi connectivity index (χ0) is 14.2. The standard InChI is InChI=1S/C16H19FN2O/c1-2-8-19-16(13-9-14(17)11-18-10-13)12-20-15-6-4-3-5-7-15/h3-7,9-11,16,19H,2,8,12H2,1H3. The average molecular weight is 274 g/mol. The van der Waals surface area contributed by atoms with Gasteiger partial charge in [-0.1, -0.05) is 25.1 Å². The Balaban J connectivity index is 2.03. The first kappa shape index (κ1) is 14.5. The molecule has 1 aromatic carbocycles. The third kappa shape index (κ3) is 4.31. The van der Waals surface area contributed by atoms with Gasteiger partial charge in [0, 0.05) is 6.20 Å². The maximum atomic E-state index is 13.3. The first-order valence-corrected chi connectivity index (χ1v) is 6.81. The second-order valence-electron chi connectivity index (χ2n) is 4.57. The van der Waals surface area contributed by atoms with Crippen LogP contribution in [0, 0.1) is 5.82 Å². The number of benzene rings is 1. The molecule has 1 aromatic heterocycles. The zero-order valence-electron chi connectivity index (χ0n) is 11.6. The van der Waals surface area contributed by atoms with Crippen LogP contribution in [0.2, 0.25) is 0 Å². The minimum Gasteiger partial charge on any atom is -0.492 e. The summed E-state index contributed by atoms with van der Waals surface area (Å²) in [7, 11) is 0. The van der Waals surface area contributed by atoms with E-state index in [1.54, 1.807) is 6.20 Å². The zero-order valence-corrected chi connectivity index (χ0v) is 11.6. The lowest BCUT2D eigenvalue weighted by Crippen LogP contribution is -2.27. The molecule has 4 heteroatoms. The smallest absolute Gasteiger partial charge is 0.141 e. The molecule has 2 aromatic rings. The topological polar surface area (TPSA) is 34.1 Å². The van der Waals surface area contributed by atoms with Gasteiger partial charge in [-0.15, -0.1) is 0 Å². The van der Waals surface area contributed by atoms with E-state index in [0.29, 0.717) is 6.61 Å². The highest BCUT2D eigenvalue weighted by Crippen LogP contribution is 2.16. The molecule has 0 bridgehead atoms. The number of nitrogens with zero attached hydrogens (tertiary/aromatic N) is 1. The van der Waals surface area contributed by atoms with E-state index in [0.717, 1.165) is 24.3 Å². The van der Waals surface area contributed by atoms with Gasteiger partial charge >= 0.3 is 0 Å². The summed E-state index contributed by atoms with van der Waals surface area (Å²) < 4.78 is 19.0. The van der Waals surface area contributed by atoms with Crippen LogP contribution in [-0.4, -0.2) is 18.1 Å². The maximum Gasteiger partial charge on any atom is 0.141 e. The maximum absolute atomic E-state index is 13.3. The number of hydrogen-bond donors (Lipinski definition) is 1. The Morgan fingerprint density at radius 2 is 2.05 bits per heavy atom. The lowest BCUT2D eigenvalue weighted by atomic mass is 10.1. The van der Waals surface area contributed by atoms with Gasteiger partial charge in [-0.25, -0.2) is 4.39 Å². The van der Waals surface area contributed by atoms with Gasteiger partial charge in [0.25, 0.3) is 0 Å². The quantitative estimate of drug-likeness (QED) is 0.841. The molecule has 0 amide bonds. The summed E-state index contributed by atoms with van der Waals surface area (Å²) in [6.07, 6.45) is 3.88. The molecular formula is C16H19FN2O. The Morgan fingerprint density at radius 3 is 2.75 bits per heavy atom. The highest BCUT2D eigenvalue weighted by molar-refractivity contribution is 5.22. The minimum absolute atomic E-state index is 0.0710. The molecule has 20 heavy (non-hydrogen) atoms. The summed E-state index contributed by atoms with van der Waals surface area (Å²) in [5.41, 5.74) is 0.800. The van der Waals surface area contributed by atoms with Crippen molar-refractivity contribution in [2.45, 2.75) is 19.4 Å². The lowest BCUT2D eigenvalue weighted by Gasteiger charge is -2.19. The van der Waals surface area contributed by atoms with E-state index in [-0.39, 0.29) is 11.9 Å². The number of nitrogens with one attached hydrogen (secondary N) is 1. The van der Waals surface area contributed by atoms with E-state index in [4.69, 9.17) is 4.74 Å². The van der Waals surface area contributed by atoms with Crippen molar-refractivity contribution >= 4 is 0 Å². The predicted molar refractivity (Wildman–Crippen MR) is 77.2 cm³/mol. The third-order valence-corrected chi connectivity index (χ3v) is 2.93. The van der Waals surface area contributed by atoms with Crippen molar-refractivity contribution in [3.05, 3.63) is 60.2 Å². The Hall–Kier alpha value is -1.94. The number of pyridine rings is 1. The molecule has 0 fully saturated rings. The highest BCUT2D eigenvalue weighted by Gasteiger charge is 2.12. The van der Waals surface area contributed by atoms with Crippen molar-refractivity contribution in [2.24, 2.45) is 0 Å². The molecule has 1 unspecified atom stereocenters. The summed E-state index contributed by atoms with van der Waals surface area (Å²) in [5.74, 6) is 0.477. The molecule has 0 radical (unpaired) electrons. The fourth-order valence-electron chi connectivity index (χ4n) is 1.91. The van der Waals surface area contributed by atoms with Crippen LogP contribution in [0.15, 0.2) is 48.8 Å². The molecular weight excluding hydrogens is 255 g/mol. The van der Waals surface area contributed by atoms with Crippen LogP contribution in [0.5, 0.6) is 5.75 Å². The van der Waals surface area contributed by atoms with Crippen molar-refractivity contribution in [2.75, 3.05) is 13.2 Å². The molecule has 0 aliphatic rings. The monoisotopic (exact) mass is 274 g/mol. The van der Waals surface area contributed by atoms with Crippen molar-refractivity contribution in [3.8, 4) is 5.75 Å². The number of halogens is 1. The van der Waals surface area contributed by atoms with E-state index >= 15 is 0 Å². The predicted octanol–water partition coefficient (Wildman–Crippen LogP) is 3.34. The fraction of sp³-hybridized carbons (Fsp3) is 0.312. The van der Waals surface area contributed by atoms with E-state index in [1.165, 1.54) is 12.3 Å². The van der Waals surface area contributed by atoms with Crippen molar-refractivity contribution in [1.29, 1.82) is 0 Å². The Kier molecular flexibility index (Phi) is 5.50. The van der Waals surface area contributed by atoms with Gasteiger partial charge in [0.1, 0.15) is 18.2 Å². The first-order valence-electron chi connectivity index (χ1n) is 6.81. The largest absolute Gasteiger partial charge is 0.492 e. The third-order valence-electron chi connectivity index (χ3n) is 2.93. The van der Waals surface area contributed by atoms with E-state index < -0.39 is 0 Å². The molecule has 0 saturated heterocycles. The normalized spacial score (nSPS) is 12.1. The van der Waals surface area contributed by atoms with Crippen LogP contribution in [0.3, 0.4) is 0 Å². The lowest BCUT2D eigenvalue weighted by molar-refractivity contribution is 0.266. The number of hydrogen-bond acceptors (Lipinski definition) is 3. The molecule has 1 N–H and O–H groups in total. The van der Waals surface area contributed by atoms with Gasteiger partial charge in [0.05, 0.1) is 12.2 Å². The minimum atomic E-state index is -0.328. The van der Waals surface area contributed by atoms with Crippen LogP contribution in [0.1, 0.15) is 24.9 Å². The number of ether oxygens (including phenoxy) is 1. The van der Waals surface area contributed by atoms with Gasteiger partial charge in [-0.2, -0.15) is 0 Å². The molecule has 0 aliphatic heterocycles. The fourth-order valence-corrected chi connectivity index (χ4v) is 1.91. The van der Waals surface area contributed by atoms with Crippen molar-refractivity contribution in [1.82, 2.24) is 10.3 Å². The molecule has 1 atom stereocenters. The number of para-hydroxylation sites is 1. The second kappa shape index (κ2) is 7.60. The summed E-state index contributed by atoms with van der Waals surface area (Å²) in [6.45, 7) is 3.38. The van der Waals surface area contributed by atoms with Crippen LogP contribution < -0.4 is 10.1 Å². The molecule has 0 saturated carbocycles. The molecule has 0 aliphatic carbocycles. The van der Waals surface area contributed by atoms with Gasteiger partial charge in [0.15, 0.2) is 0 Å². The van der Waals surface area contributed by atoms with Crippen molar-refractivity contribution < 1.29 is 9.13 Å². The summed E-state index contributed by atoms with van der Waals surface area (Å²) >= 11 is 0.